The van der Waals surface area contributed by atoms with E-state index >= 15 is 0 Å². The van der Waals surface area contributed by atoms with Gasteiger partial charge in [0.05, 0.1) is 12.5 Å². The fourth-order valence-corrected chi connectivity index (χ4v) is 1.01. The molecule has 0 heterocycles. The molecule has 0 amide bonds. The summed E-state index contributed by atoms with van der Waals surface area (Å²) in [6.45, 7) is 5.36. The normalized spacial score (nSPS) is 12.9. The molecule has 1 aromatic carbocycles. The molecular formula is C9H10FO+. The highest BCUT2D eigenvalue weighted by molar-refractivity contribution is 5.36. The van der Waals surface area contributed by atoms with Gasteiger partial charge in [0.15, 0.2) is 0 Å². The fraction of sp³-hybridized carbons (Fsp3) is 0.222. The summed E-state index contributed by atoms with van der Waals surface area (Å²) in [7, 11) is 0. The van der Waals surface area contributed by atoms with Crippen molar-refractivity contribution in [2.45, 2.75) is 12.8 Å². The van der Waals surface area contributed by atoms with E-state index in [1.54, 1.807) is 6.92 Å². The van der Waals surface area contributed by atoms with Crippen LogP contribution in [0.5, 0.6) is 5.75 Å². The predicted molar refractivity (Wildman–Crippen MR) is 41.8 cm³/mol. The van der Waals surface area contributed by atoms with Gasteiger partial charge in [-0.15, -0.1) is 0 Å². The largest absolute Gasteiger partial charge is 0.507 e. The molecule has 0 saturated heterocycles. The smallest absolute Gasteiger partial charge is 0.134 e. The van der Waals surface area contributed by atoms with Crippen LogP contribution in [0.3, 0.4) is 0 Å². The molecule has 0 spiro atoms. The topological polar surface area (TPSA) is 20.2 Å². The van der Waals surface area contributed by atoms with Crippen molar-refractivity contribution in [3.63, 3.8) is 0 Å². The minimum atomic E-state index is -0.396. The van der Waals surface area contributed by atoms with Crippen LogP contribution in [0.2, 0.25) is 0 Å². The molecule has 1 N–H and O–H groups in total. The molecule has 0 bridgehead atoms. The number of aromatic hydroxyl groups is 1. The highest BCUT2D eigenvalue weighted by Gasteiger charge is 2.15. The maximum atomic E-state index is 12.9. The lowest BCUT2D eigenvalue weighted by Crippen LogP contribution is -1.92. The van der Waals surface area contributed by atoms with Crippen LogP contribution in [0.15, 0.2) is 18.2 Å². The summed E-state index contributed by atoms with van der Waals surface area (Å²) in [6, 6.07) is 4.24. The number of benzene rings is 1. The highest BCUT2D eigenvalue weighted by atomic mass is 19.1. The van der Waals surface area contributed by atoms with Gasteiger partial charge in [-0.1, -0.05) is 6.07 Å². The van der Waals surface area contributed by atoms with E-state index in [1.807, 2.05) is 0 Å². The van der Waals surface area contributed by atoms with Gasteiger partial charge in [0.1, 0.15) is 17.5 Å². The molecule has 0 aromatic heterocycles. The molecule has 1 atom stereocenters. The van der Waals surface area contributed by atoms with Crippen LogP contribution in [0.1, 0.15) is 18.4 Å². The maximum Gasteiger partial charge on any atom is 0.134 e. The number of hydrogen-bond donors (Lipinski definition) is 1. The van der Waals surface area contributed by atoms with Crippen molar-refractivity contribution < 1.29 is 9.50 Å². The summed E-state index contributed by atoms with van der Waals surface area (Å²) in [6.07, 6.45) is 0. The van der Waals surface area contributed by atoms with E-state index in [0.29, 0.717) is 0 Å². The van der Waals surface area contributed by atoms with Gasteiger partial charge in [-0.3, -0.25) is 0 Å². The van der Waals surface area contributed by atoms with Crippen LogP contribution < -0.4 is 0 Å². The van der Waals surface area contributed by atoms with Gasteiger partial charge >= 0.3 is 0 Å². The zero-order chi connectivity index (χ0) is 8.43. The minimum Gasteiger partial charge on any atom is -0.507 e. The van der Waals surface area contributed by atoms with E-state index in [-0.39, 0.29) is 17.2 Å². The molecule has 0 aliphatic rings. The monoisotopic (exact) mass is 153 g/mol. The SMILES string of the molecule is [CH2+]C(C)c1c(O)cccc1F. The number of rotatable bonds is 1. The van der Waals surface area contributed by atoms with Crippen molar-refractivity contribution in [1.29, 1.82) is 0 Å². The Morgan fingerprint density at radius 3 is 2.55 bits per heavy atom. The Kier molecular flexibility index (Phi) is 2.03. The third kappa shape index (κ3) is 1.45. The van der Waals surface area contributed by atoms with E-state index < -0.39 is 5.82 Å². The van der Waals surface area contributed by atoms with E-state index in [0.717, 1.165) is 0 Å². The molecule has 0 aliphatic carbocycles. The summed E-state index contributed by atoms with van der Waals surface area (Å²) >= 11 is 0. The number of halogens is 1. The first-order valence-corrected chi connectivity index (χ1v) is 3.43. The molecule has 0 fully saturated rings. The van der Waals surface area contributed by atoms with E-state index in [1.165, 1.54) is 18.2 Å². The number of hydrogen-bond acceptors (Lipinski definition) is 1. The van der Waals surface area contributed by atoms with Crippen LogP contribution >= 0.6 is 0 Å². The molecule has 0 saturated carbocycles. The molecule has 11 heavy (non-hydrogen) atoms. The lowest BCUT2D eigenvalue weighted by Gasteiger charge is -2.03. The van der Waals surface area contributed by atoms with E-state index in [2.05, 4.69) is 6.92 Å². The van der Waals surface area contributed by atoms with Crippen LogP contribution in [-0.4, -0.2) is 5.11 Å². The average molecular weight is 153 g/mol. The van der Waals surface area contributed by atoms with Crippen LogP contribution in [0.4, 0.5) is 4.39 Å². The Labute approximate surface area is 65.5 Å². The van der Waals surface area contributed by atoms with Crippen molar-refractivity contribution in [2.24, 2.45) is 0 Å². The Balaban J connectivity index is 3.21. The van der Waals surface area contributed by atoms with Gasteiger partial charge in [-0.2, -0.15) is 0 Å². The zero-order valence-corrected chi connectivity index (χ0v) is 6.34. The lowest BCUT2D eigenvalue weighted by atomic mass is 10.0. The standard InChI is InChI=1S/C9H9FO/c1-6(2)9-7(10)4-3-5-8(9)11/h3-6H,1H2,2H3/p+1. The second-order valence-corrected chi connectivity index (χ2v) is 2.57. The van der Waals surface area contributed by atoms with Gasteiger partial charge < -0.3 is 5.11 Å². The van der Waals surface area contributed by atoms with Gasteiger partial charge in [0.25, 0.3) is 0 Å². The zero-order valence-electron chi connectivity index (χ0n) is 6.34. The van der Waals surface area contributed by atoms with Crippen LogP contribution in [0.25, 0.3) is 0 Å². The first-order chi connectivity index (χ1) is 5.13. The minimum absolute atomic E-state index is 0.0208. The first kappa shape index (κ1) is 7.92. The molecule has 58 valence electrons. The van der Waals surface area contributed by atoms with Crippen molar-refractivity contribution in [1.82, 2.24) is 0 Å². The molecule has 1 aromatic rings. The third-order valence-corrected chi connectivity index (χ3v) is 1.52. The number of phenolic OH excluding ortho intramolecular Hbond substituents is 1. The van der Waals surface area contributed by atoms with Crippen LogP contribution in [0, 0.1) is 12.7 Å². The molecule has 1 nitrogen and oxygen atoms in total. The Morgan fingerprint density at radius 2 is 2.18 bits per heavy atom. The molecule has 0 radical (unpaired) electrons. The van der Waals surface area contributed by atoms with Crippen molar-refractivity contribution >= 4 is 0 Å². The molecular weight excluding hydrogens is 143 g/mol. The lowest BCUT2D eigenvalue weighted by molar-refractivity contribution is 0.456. The third-order valence-electron chi connectivity index (χ3n) is 1.52. The number of phenols is 1. The van der Waals surface area contributed by atoms with Crippen molar-refractivity contribution in [3.05, 3.63) is 36.5 Å². The second-order valence-electron chi connectivity index (χ2n) is 2.57. The van der Waals surface area contributed by atoms with E-state index in [9.17, 15) is 9.50 Å². The molecule has 1 rings (SSSR count). The van der Waals surface area contributed by atoms with Crippen molar-refractivity contribution in [3.8, 4) is 5.75 Å². The Hall–Kier alpha value is -1.18. The van der Waals surface area contributed by atoms with Gasteiger partial charge in [0, 0.05) is 0 Å². The summed E-state index contributed by atoms with van der Waals surface area (Å²) in [5, 5.41) is 9.18. The molecule has 1 unspecified atom stereocenters. The second kappa shape index (κ2) is 2.82. The molecule has 0 aliphatic heterocycles. The van der Waals surface area contributed by atoms with Crippen LogP contribution in [-0.2, 0) is 0 Å². The maximum absolute atomic E-state index is 12.9. The van der Waals surface area contributed by atoms with Gasteiger partial charge in [0.2, 0.25) is 0 Å². The summed E-state index contributed by atoms with van der Waals surface area (Å²) in [5.74, 6) is -0.642. The Morgan fingerprint density at radius 1 is 1.55 bits per heavy atom. The average Bonchev–Trinajstić information content (AvgIpc) is 1.85. The fourth-order valence-electron chi connectivity index (χ4n) is 1.01. The summed E-state index contributed by atoms with van der Waals surface area (Å²) in [5.41, 5.74) is 0.285. The first-order valence-electron chi connectivity index (χ1n) is 3.43. The van der Waals surface area contributed by atoms with E-state index in [4.69, 9.17) is 0 Å². The Bertz CT molecular complexity index is 235. The van der Waals surface area contributed by atoms with Gasteiger partial charge in [-0.25, -0.2) is 4.39 Å². The quantitative estimate of drug-likeness (QED) is 0.614. The van der Waals surface area contributed by atoms with Gasteiger partial charge in [-0.05, 0) is 19.1 Å². The molecule has 2 heteroatoms. The predicted octanol–water partition coefficient (Wildman–Crippen LogP) is 2.47. The van der Waals surface area contributed by atoms with Crippen molar-refractivity contribution in [2.75, 3.05) is 0 Å². The summed E-state index contributed by atoms with van der Waals surface area (Å²) < 4.78 is 12.9. The summed E-state index contributed by atoms with van der Waals surface area (Å²) in [4.78, 5) is 0. The highest BCUT2D eigenvalue weighted by Crippen LogP contribution is 2.26.